The van der Waals surface area contributed by atoms with E-state index in [-0.39, 0.29) is 6.61 Å². The molecule has 0 aliphatic heterocycles. The number of hydrogen-bond acceptors (Lipinski definition) is 3. The molecule has 1 aromatic carbocycles. The van der Waals surface area contributed by atoms with Gasteiger partial charge in [0, 0.05) is 6.08 Å². The van der Waals surface area contributed by atoms with E-state index in [1.807, 2.05) is 19.9 Å². The summed E-state index contributed by atoms with van der Waals surface area (Å²) in [7, 11) is 0. The number of anilines is 1. The molecule has 1 aromatic rings. The Morgan fingerprint density at radius 1 is 1.30 bits per heavy atom. The molecule has 108 valence electrons. The summed E-state index contributed by atoms with van der Waals surface area (Å²) in [6, 6.07) is 3.68. The molecular formula is C15H18ClNO3. The lowest BCUT2D eigenvalue weighted by atomic mass is 10.1. The maximum atomic E-state index is 11.7. The van der Waals surface area contributed by atoms with Crippen molar-refractivity contribution in [2.24, 2.45) is 0 Å². The third kappa shape index (κ3) is 5.05. The number of esters is 1. The molecular weight excluding hydrogens is 278 g/mol. The van der Waals surface area contributed by atoms with Crippen LogP contribution in [0.25, 0.3) is 0 Å². The first kappa shape index (κ1) is 16.2. The number of carbonyl (C=O) groups excluding carboxylic acids is 2. The quantitative estimate of drug-likeness (QED) is 0.684. The van der Waals surface area contributed by atoms with Crippen LogP contribution >= 0.6 is 11.6 Å². The number of ether oxygens (including phenoxy) is 1. The van der Waals surface area contributed by atoms with Crippen LogP contribution in [0.3, 0.4) is 0 Å². The highest BCUT2D eigenvalue weighted by Crippen LogP contribution is 2.27. The van der Waals surface area contributed by atoms with Gasteiger partial charge < -0.3 is 10.1 Å². The fourth-order valence-electron chi connectivity index (χ4n) is 1.66. The van der Waals surface area contributed by atoms with Gasteiger partial charge in [-0.1, -0.05) is 23.2 Å². The summed E-state index contributed by atoms with van der Waals surface area (Å²) in [6.07, 6.45) is 1.33. The van der Waals surface area contributed by atoms with Gasteiger partial charge in [0.2, 0.25) is 0 Å². The lowest BCUT2D eigenvalue weighted by molar-refractivity contribution is -0.142. The zero-order valence-corrected chi connectivity index (χ0v) is 12.8. The second-order valence-electron chi connectivity index (χ2n) is 4.82. The van der Waals surface area contributed by atoms with Crippen LogP contribution in [-0.4, -0.2) is 18.5 Å². The summed E-state index contributed by atoms with van der Waals surface area (Å²) in [4.78, 5) is 23.0. The van der Waals surface area contributed by atoms with Gasteiger partial charge in [-0.2, -0.15) is 0 Å². The molecule has 0 heterocycles. The minimum atomic E-state index is -0.535. The summed E-state index contributed by atoms with van der Waals surface area (Å²) in [5.41, 5.74) is 3.23. The first-order chi connectivity index (χ1) is 9.29. The van der Waals surface area contributed by atoms with Crippen molar-refractivity contribution >= 4 is 29.2 Å². The molecule has 5 heteroatoms. The highest BCUT2D eigenvalue weighted by Gasteiger charge is 2.11. The van der Waals surface area contributed by atoms with Crippen LogP contribution in [-0.2, 0) is 14.3 Å². The largest absolute Gasteiger partial charge is 0.452 e. The Morgan fingerprint density at radius 2 is 1.95 bits per heavy atom. The summed E-state index contributed by atoms with van der Waals surface area (Å²) in [5, 5.41) is 3.11. The monoisotopic (exact) mass is 295 g/mol. The summed E-state index contributed by atoms with van der Waals surface area (Å²) >= 11 is 6.08. The minimum Gasteiger partial charge on any atom is -0.452 e. The van der Waals surface area contributed by atoms with Gasteiger partial charge in [0.1, 0.15) is 0 Å². The third-order valence-electron chi connectivity index (χ3n) is 2.45. The van der Waals surface area contributed by atoms with Gasteiger partial charge in [-0.25, -0.2) is 4.79 Å². The minimum absolute atomic E-state index is 0.341. The fraction of sp³-hybridized carbons (Fsp3) is 0.333. The highest BCUT2D eigenvalue weighted by molar-refractivity contribution is 6.34. The summed E-state index contributed by atoms with van der Waals surface area (Å²) in [6.45, 7) is 6.98. The van der Waals surface area contributed by atoms with Crippen molar-refractivity contribution in [1.82, 2.24) is 0 Å². The van der Waals surface area contributed by atoms with E-state index in [2.05, 4.69) is 5.32 Å². The molecule has 0 aromatic heterocycles. The van der Waals surface area contributed by atoms with Crippen molar-refractivity contribution in [2.75, 3.05) is 11.9 Å². The van der Waals surface area contributed by atoms with Gasteiger partial charge in [-0.15, -0.1) is 0 Å². The molecule has 1 N–H and O–H groups in total. The first-order valence-corrected chi connectivity index (χ1v) is 6.55. The number of amides is 1. The number of carbonyl (C=O) groups is 2. The lowest BCUT2D eigenvalue weighted by Crippen LogP contribution is -2.21. The van der Waals surface area contributed by atoms with Gasteiger partial charge >= 0.3 is 5.97 Å². The van der Waals surface area contributed by atoms with Crippen LogP contribution in [0.15, 0.2) is 23.8 Å². The molecule has 0 atom stereocenters. The van der Waals surface area contributed by atoms with Crippen LogP contribution in [0.2, 0.25) is 5.02 Å². The number of rotatable bonds is 4. The molecule has 0 spiro atoms. The average Bonchev–Trinajstić information content (AvgIpc) is 2.30. The number of halogens is 1. The predicted octanol–water partition coefficient (Wildman–Crippen LogP) is 3.40. The second-order valence-corrected chi connectivity index (χ2v) is 5.22. The maximum absolute atomic E-state index is 11.7. The molecule has 0 aliphatic carbocycles. The Morgan fingerprint density at radius 3 is 2.50 bits per heavy atom. The normalized spacial score (nSPS) is 9.85. The van der Waals surface area contributed by atoms with Gasteiger partial charge in [-0.3, -0.25) is 4.79 Å². The van der Waals surface area contributed by atoms with Gasteiger partial charge in [0.25, 0.3) is 5.91 Å². The number of aryl methyl sites for hydroxylation is 2. The number of nitrogens with one attached hydrogen (secondary N) is 1. The maximum Gasteiger partial charge on any atom is 0.331 e. The van der Waals surface area contributed by atoms with Crippen molar-refractivity contribution < 1.29 is 14.3 Å². The Kier molecular flexibility index (Phi) is 5.77. The molecule has 20 heavy (non-hydrogen) atoms. The SMILES string of the molecule is CC(C)=CC(=O)OCC(=O)Nc1c(C)cc(C)cc1Cl. The molecule has 1 amide bonds. The molecule has 0 fully saturated rings. The molecule has 0 saturated heterocycles. The van der Waals surface area contributed by atoms with Crippen molar-refractivity contribution in [3.8, 4) is 0 Å². The van der Waals surface area contributed by atoms with Crippen LogP contribution in [0.4, 0.5) is 5.69 Å². The topological polar surface area (TPSA) is 55.4 Å². The summed E-state index contributed by atoms with van der Waals surface area (Å²) < 4.78 is 4.82. The average molecular weight is 296 g/mol. The lowest BCUT2D eigenvalue weighted by Gasteiger charge is -2.11. The smallest absolute Gasteiger partial charge is 0.331 e. The van der Waals surface area contributed by atoms with Crippen LogP contribution in [0.5, 0.6) is 0 Å². The first-order valence-electron chi connectivity index (χ1n) is 6.18. The zero-order chi connectivity index (χ0) is 15.3. The fourth-order valence-corrected chi connectivity index (χ4v) is 2.03. The van der Waals surface area contributed by atoms with E-state index in [1.54, 1.807) is 19.9 Å². The Labute approximate surface area is 123 Å². The molecule has 4 nitrogen and oxygen atoms in total. The second kappa shape index (κ2) is 7.10. The molecule has 0 unspecified atom stereocenters. The van der Waals surface area contributed by atoms with Crippen molar-refractivity contribution in [3.63, 3.8) is 0 Å². The van der Waals surface area contributed by atoms with E-state index < -0.39 is 11.9 Å². The van der Waals surface area contributed by atoms with E-state index >= 15 is 0 Å². The number of benzene rings is 1. The molecule has 1 rings (SSSR count). The van der Waals surface area contributed by atoms with Crippen molar-refractivity contribution in [2.45, 2.75) is 27.7 Å². The summed E-state index contributed by atoms with van der Waals surface area (Å²) in [5.74, 6) is -0.957. The van der Waals surface area contributed by atoms with Gasteiger partial charge in [0.05, 0.1) is 10.7 Å². The number of allylic oxidation sites excluding steroid dienone is 1. The van der Waals surface area contributed by atoms with Crippen LogP contribution in [0, 0.1) is 13.8 Å². The number of hydrogen-bond donors (Lipinski definition) is 1. The Balaban J connectivity index is 2.64. The van der Waals surface area contributed by atoms with E-state index in [4.69, 9.17) is 16.3 Å². The van der Waals surface area contributed by atoms with E-state index in [0.29, 0.717) is 10.7 Å². The van der Waals surface area contributed by atoms with Crippen LogP contribution in [0.1, 0.15) is 25.0 Å². The Bertz CT molecular complexity index is 537. The van der Waals surface area contributed by atoms with Gasteiger partial charge in [0.15, 0.2) is 6.61 Å². The van der Waals surface area contributed by atoms with Crippen LogP contribution < -0.4 is 5.32 Å². The molecule has 0 radical (unpaired) electrons. The highest BCUT2D eigenvalue weighted by atomic mass is 35.5. The molecule has 0 aliphatic rings. The van der Waals surface area contributed by atoms with Gasteiger partial charge in [-0.05, 0) is 44.9 Å². The molecule has 0 bridgehead atoms. The van der Waals surface area contributed by atoms with Crippen molar-refractivity contribution in [3.05, 3.63) is 39.9 Å². The van der Waals surface area contributed by atoms with Crippen molar-refractivity contribution in [1.29, 1.82) is 0 Å². The Hall–Kier alpha value is -1.81. The standard InChI is InChI=1S/C15H18ClNO3/c1-9(2)5-14(19)20-8-13(18)17-15-11(4)6-10(3)7-12(15)16/h5-7H,8H2,1-4H3,(H,17,18). The zero-order valence-electron chi connectivity index (χ0n) is 12.0. The van der Waals surface area contributed by atoms with E-state index in [9.17, 15) is 9.59 Å². The van der Waals surface area contributed by atoms with E-state index in [0.717, 1.165) is 16.7 Å². The predicted molar refractivity (Wildman–Crippen MR) is 79.9 cm³/mol. The van der Waals surface area contributed by atoms with E-state index in [1.165, 1.54) is 6.08 Å². The molecule has 0 saturated carbocycles. The third-order valence-corrected chi connectivity index (χ3v) is 2.75.